The van der Waals surface area contributed by atoms with Crippen LogP contribution in [0.4, 0.5) is 0 Å². The maximum absolute atomic E-state index is 12.5. The van der Waals surface area contributed by atoms with Gasteiger partial charge in [0.25, 0.3) is 11.8 Å². The number of H-pyrrole nitrogens is 1. The summed E-state index contributed by atoms with van der Waals surface area (Å²) >= 11 is 0. The number of nitrogens with one attached hydrogen (secondary N) is 3. The molecule has 2 heterocycles. The van der Waals surface area contributed by atoms with Crippen molar-refractivity contribution in [2.24, 2.45) is 0 Å². The second-order valence-corrected chi connectivity index (χ2v) is 6.14. The van der Waals surface area contributed by atoms with Gasteiger partial charge in [-0.15, -0.1) is 0 Å². The lowest BCUT2D eigenvalue weighted by Gasteiger charge is -2.21. The van der Waals surface area contributed by atoms with Gasteiger partial charge < -0.3 is 14.2 Å². The fourth-order valence-electron chi connectivity index (χ4n) is 2.85. The first kappa shape index (κ1) is 18.4. The Morgan fingerprint density at radius 3 is 2.59 bits per heavy atom. The number of benzene rings is 2. The Kier molecular flexibility index (Phi) is 5.02. The van der Waals surface area contributed by atoms with E-state index in [2.05, 4.69) is 21.0 Å². The zero-order valence-electron chi connectivity index (χ0n) is 15.5. The highest BCUT2D eigenvalue weighted by atomic mass is 16.6. The molecule has 0 bridgehead atoms. The van der Waals surface area contributed by atoms with Gasteiger partial charge in [-0.3, -0.25) is 25.5 Å². The molecule has 9 heteroatoms. The number of carbonyl (C=O) groups is 2. The van der Waals surface area contributed by atoms with Crippen LogP contribution in [0.1, 0.15) is 20.8 Å². The molecule has 0 atom stereocenters. The van der Waals surface area contributed by atoms with E-state index in [0.29, 0.717) is 36.2 Å². The molecule has 9 nitrogen and oxygen atoms in total. The number of fused-ring (bicyclic) bond motifs is 1. The molecule has 0 saturated carbocycles. The number of aromatic nitrogens is 2. The predicted molar refractivity (Wildman–Crippen MR) is 103 cm³/mol. The fraction of sp³-hybridized carbons (Fsp3) is 0.150. The first-order valence-electron chi connectivity index (χ1n) is 8.85. The third-order valence-electron chi connectivity index (χ3n) is 4.27. The highest BCUT2D eigenvalue weighted by Gasteiger charge is 2.21. The van der Waals surface area contributed by atoms with Crippen LogP contribution in [0, 0.1) is 0 Å². The fourth-order valence-corrected chi connectivity index (χ4v) is 2.85. The molecule has 0 unspecified atom stereocenters. The van der Waals surface area contributed by atoms with Crippen molar-refractivity contribution in [3.63, 3.8) is 0 Å². The first-order valence-corrected chi connectivity index (χ1v) is 8.85. The summed E-state index contributed by atoms with van der Waals surface area (Å²) < 4.78 is 16.3. The number of ether oxygens (including phenoxy) is 3. The average Bonchev–Trinajstić information content (AvgIpc) is 3.27. The zero-order valence-corrected chi connectivity index (χ0v) is 15.5. The summed E-state index contributed by atoms with van der Waals surface area (Å²) in [4.78, 5) is 24.8. The second-order valence-electron chi connectivity index (χ2n) is 6.14. The number of amides is 2. The van der Waals surface area contributed by atoms with Crippen LogP contribution in [0.15, 0.2) is 48.5 Å². The Morgan fingerprint density at radius 2 is 1.79 bits per heavy atom. The smallest absolute Gasteiger partial charge is 0.287 e. The summed E-state index contributed by atoms with van der Waals surface area (Å²) in [5.74, 6) is 0.173. The monoisotopic (exact) mass is 394 g/mol. The first-order chi connectivity index (χ1) is 14.2. The average molecular weight is 394 g/mol. The van der Waals surface area contributed by atoms with Gasteiger partial charge in [0.1, 0.15) is 18.9 Å². The molecular formula is C20H18N4O5. The molecule has 3 aromatic rings. The Labute approximate surface area is 165 Å². The van der Waals surface area contributed by atoms with Crippen LogP contribution in [0.2, 0.25) is 0 Å². The topological polar surface area (TPSA) is 115 Å². The van der Waals surface area contributed by atoms with E-state index < -0.39 is 11.8 Å². The van der Waals surface area contributed by atoms with E-state index in [9.17, 15) is 9.59 Å². The molecule has 2 aromatic carbocycles. The van der Waals surface area contributed by atoms with Crippen molar-refractivity contribution in [2.45, 2.75) is 0 Å². The van der Waals surface area contributed by atoms with Crippen LogP contribution < -0.4 is 25.1 Å². The van der Waals surface area contributed by atoms with Gasteiger partial charge in [0.05, 0.1) is 12.8 Å². The van der Waals surface area contributed by atoms with Gasteiger partial charge in [0, 0.05) is 11.1 Å². The Bertz CT molecular complexity index is 1030. The van der Waals surface area contributed by atoms with E-state index in [4.69, 9.17) is 14.2 Å². The molecule has 2 amide bonds. The molecule has 1 aliphatic heterocycles. The van der Waals surface area contributed by atoms with Crippen LogP contribution >= 0.6 is 0 Å². The SMILES string of the molecule is COc1cc(C(=O)NNC(=O)c2cc(-c3ccccc3)n[nH]2)cc2c1OCCO2. The molecule has 0 aliphatic carbocycles. The number of carbonyl (C=O) groups excluding carboxylic acids is 2. The molecule has 0 radical (unpaired) electrons. The van der Waals surface area contributed by atoms with Crippen LogP contribution in [-0.4, -0.2) is 42.3 Å². The summed E-state index contributed by atoms with van der Waals surface area (Å²) in [5.41, 5.74) is 6.68. The summed E-state index contributed by atoms with van der Waals surface area (Å²) in [6, 6.07) is 14.1. The highest BCUT2D eigenvalue weighted by Crippen LogP contribution is 2.40. The number of hydrogen-bond acceptors (Lipinski definition) is 6. The lowest BCUT2D eigenvalue weighted by Crippen LogP contribution is -2.41. The molecule has 0 saturated heterocycles. The minimum absolute atomic E-state index is 0.212. The van der Waals surface area contributed by atoms with E-state index in [0.717, 1.165) is 5.56 Å². The predicted octanol–water partition coefficient (Wildman–Crippen LogP) is 1.93. The maximum atomic E-state index is 12.5. The largest absolute Gasteiger partial charge is 0.493 e. The van der Waals surface area contributed by atoms with Crippen molar-refractivity contribution in [1.82, 2.24) is 21.0 Å². The number of hydrogen-bond donors (Lipinski definition) is 3. The van der Waals surface area contributed by atoms with E-state index in [1.54, 1.807) is 6.07 Å². The molecule has 0 fully saturated rings. The van der Waals surface area contributed by atoms with E-state index >= 15 is 0 Å². The Hall–Kier alpha value is -4.01. The zero-order chi connectivity index (χ0) is 20.2. The number of aromatic amines is 1. The van der Waals surface area contributed by atoms with E-state index in [1.807, 2.05) is 30.3 Å². The van der Waals surface area contributed by atoms with Gasteiger partial charge >= 0.3 is 0 Å². The van der Waals surface area contributed by atoms with E-state index in [1.165, 1.54) is 19.2 Å². The molecule has 4 rings (SSSR count). The van der Waals surface area contributed by atoms with Gasteiger partial charge in [-0.1, -0.05) is 30.3 Å². The summed E-state index contributed by atoms with van der Waals surface area (Å²) in [7, 11) is 1.47. The summed E-state index contributed by atoms with van der Waals surface area (Å²) in [6.45, 7) is 0.779. The lowest BCUT2D eigenvalue weighted by molar-refractivity contribution is 0.0843. The van der Waals surface area contributed by atoms with Crippen LogP contribution in [0.25, 0.3) is 11.3 Å². The Morgan fingerprint density at radius 1 is 1.03 bits per heavy atom. The van der Waals surface area contributed by atoms with Gasteiger partial charge in [-0.2, -0.15) is 5.10 Å². The summed E-state index contributed by atoms with van der Waals surface area (Å²) in [6.07, 6.45) is 0. The third-order valence-corrected chi connectivity index (χ3v) is 4.27. The van der Waals surface area contributed by atoms with E-state index in [-0.39, 0.29) is 11.3 Å². The molecule has 0 spiro atoms. The number of methoxy groups -OCH3 is 1. The molecule has 1 aliphatic rings. The van der Waals surface area contributed by atoms with Crippen LogP contribution in [0.5, 0.6) is 17.2 Å². The van der Waals surface area contributed by atoms with Gasteiger partial charge in [-0.05, 0) is 18.2 Å². The quantitative estimate of drug-likeness (QED) is 0.583. The molecule has 1 aromatic heterocycles. The van der Waals surface area contributed by atoms with Crippen molar-refractivity contribution in [1.29, 1.82) is 0 Å². The maximum Gasteiger partial charge on any atom is 0.287 e. The summed E-state index contributed by atoms with van der Waals surface area (Å²) in [5, 5.41) is 6.77. The number of hydrazine groups is 1. The van der Waals surface area contributed by atoms with Crippen molar-refractivity contribution in [3.05, 3.63) is 59.8 Å². The van der Waals surface area contributed by atoms with Gasteiger partial charge in [-0.25, -0.2) is 0 Å². The number of rotatable bonds is 4. The molecular weight excluding hydrogens is 376 g/mol. The van der Waals surface area contributed by atoms with Gasteiger partial charge in [0.2, 0.25) is 5.75 Å². The number of nitrogens with zero attached hydrogens (tertiary/aromatic N) is 1. The highest BCUT2D eigenvalue weighted by molar-refractivity contribution is 5.99. The van der Waals surface area contributed by atoms with Crippen LogP contribution in [0.3, 0.4) is 0 Å². The van der Waals surface area contributed by atoms with Crippen molar-refractivity contribution in [2.75, 3.05) is 20.3 Å². The lowest BCUT2D eigenvalue weighted by atomic mass is 10.1. The second kappa shape index (κ2) is 7.93. The Balaban J connectivity index is 1.43. The minimum Gasteiger partial charge on any atom is -0.493 e. The van der Waals surface area contributed by atoms with Crippen molar-refractivity contribution in [3.8, 4) is 28.5 Å². The minimum atomic E-state index is -0.531. The van der Waals surface area contributed by atoms with Crippen molar-refractivity contribution < 1.29 is 23.8 Å². The van der Waals surface area contributed by atoms with Gasteiger partial charge in [0.15, 0.2) is 11.5 Å². The normalized spacial score (nSPS) is 12.2. The molecule has 148 valence electrons. The molecule has 3 N–H and O–H groups in total. The molecule has 29 heavy (non-hydrogen) atoms. The standard InChI is InChI=1S/C20H18N4O5/c1-27-16-9-13(10-17-18(16)29-8-7-28-17)19(25)23-24-20(26)15-11-14(21-22-15)12-5-3-2-4-6-12/h2-6,9-11H,7-8H2,1H3,(H,21,22)(H,23,25)(H,24,26). The van der Waals surface area contributed by atoms with Crippen molar-refractivity contribution >= 4 is 11.8 Å². The van der Waals surface area contributed by atoms with Crippen LogP contribution in [-0.2, 0) is 0 Å². The third kappa shape index (κ3) is 3.84.